The van der Waals surface area contributed by atoms with E-state index in [1.54, 1.807) is 6.92 Å². The Morgan fingerprint density at radius 2 is 1.90 bits per heavy atom. The van der Waals surface area contributed by atoms with Crippen LogP contribution in [0.5, 0.6) is 0 Å². The minimum atomic E-state index is -3.67. The Morgan fingerprint density at radius 3 is 2.50 bits per heavy atom. The smallest absolute Gasteiger partial charge is 0.280 e. The zero-order valence-corrected chi connectivity index (χ0v) is 11.8. The van der Waals surface area contributed by atoms with Crippen molar-refractivity contribution in [3.63, 3.8) is 0 Å². The Morgan fingerprint density at radius 1 is 1.25 bits per heavy atom. The molecule has 2 rings (SSSR count). The van der Waals surface area contributed by atoms with Crippen molar-refractivity contribution < 1.29 is 21.9 Å². The van der Waals surface area contributed by atoms with Crippen LogP contribution in [-0.2, 0) is 14.9 Å². The molecule has 1 heterocycles. The number of hydrogen-bond donors (Lipinski definition) is 1. The normalized spacial score (nSPS) is 18.9. The lowest BCUT2D eigenvalue weighted by Gasteiger charge is -2.27. The summed E-state index contributed by atoms with van der Waals surface area (Å²) >= 11 is 0. The average Bonchev–Trinajstić information content (AvgIpc) is 2.42. The van der Waals surface area contributed by atoms with Gasteiger partial charge in [0.1, 0.15) is 0 Å². The van der Waals surface area contributed by atoms with E-state index in [-0.39, 0.29) is 13.1 Å². The number of hydrogen-bond acceptors (Lipinski definition) is 3. The largest absolute Gasteiger partial charge is 0.379 e. The summed E-state index contributed by atoms with van der Waals surface area (Å²) in [5.74, 6) is -1.96. The molecule has 8 heteroatoms. The summed E-state index contributed by atoms with van der Waals surface area (Å²) in [5, 5.41) is 0. The number of benzene rings is 1. The van der Waals surface area contributed by atoms with E-state index in [0.717, 1.165) is 12.1 Å². The zero-order valence-electron chi connectivity index (χ0n) is 11.0. The van der Waals surface area contributed by atoms with Gasteiger partial charge in [-0.25, -0.2) is 8.78 Å². The topological polar surface area (TPSA) is 58.6 Å². The molecule has 1 aromatic carbocycles. The fourth-order valence-electron chi connectivity index (χ4n) is 1.93. The molecule has 0 bridgehead atoms. The summed E-state index contributed by atoms with van der Waals surface area (Å²) in [7, 11) is -3.67. The van der Waals surface area contributed by atoms with Crippen LogP contribution in [-0.4, -0.2) is 39.0 Å². The molecule has 0 amide bonds. The molecular formula is C12H16F2N2O3S. The van der Waals surface area contributed by atoms with Gasteiger partial charge < -0.3 is 4.74 Å². The SMILES string of the molecule is C[C@H](NS(=O)(=O)N1CCOCC1)c1ccc(F)c(F)c1. The van der Waals surface area contributed by atoms with Crippen LogP contribution >= 0.6 is 0 Å². The summed E-state index contributed by atoms with van der Waals surface area (Å²) < 4.78 is 59.0. The highest BCUT2D eigenvalue weighted by Gasteiger charge is 2.26. The predicted molar refractivity (Wildman–Crippen MR) is 69.2 cm³/mol. The van der Waals surface area contributed by atoms with Gasteiger partial charge in [-0.2, -0.15) is 17.4 Å². The first-order chi connectivity index (χ1) is 9.40. The molecule has 0 aliphatic carbocycles. The first-order valence-electron chi connectivity index (χ1n) is 6.20. The summed E-state index contributed by atoms with van der Waals surface area (Å²) in [6.45, 7) is 2.82. The van der Waals surface area contributed by atoms with Gasteiger partial charge in [-0.3, -0.25) is 0 Å². The Bertz CT molecular complexity index is 574. The highest BCUT2D eigenvalue weighted by molar-refractivity contribution is 7.87. The maximum Gasteiger partial charge on any atom is 0.280 e. The molecule has 0 aromatic heterocycles. The predicted octanol–water partition coefficient (Wildman–Crippen LogP) is 1.19. The van der Waals surface area contributed by atoms with Gasteiger partial charge in [0, 0.05) is 19.1 Å². The van der Waals surface area contributed by atoms with Crippen molar-refractivity contribution in [2.45, 2.75) is 13.0 Å². The van der Waals surface area contributed by atoms with E-state index < -0.39 is 27.9 Å². The van der Waals surface area contributed by atoms with Crippen molar-refractivity contribution in [1.82, 2.24) is 9.03 Å². The van der Waals surface area contributed by atoms with Crippen LogP contribution in [0, 0.1) is 11.6 Å². The molecule has 1 atom stereocenters. The first-order valence-corrected chi connectivity index (χ1v) is 7.64. The lowest BCUT2D eigenvalue weighted by Crippen LogP contribution is -2.47. The van der Waals surface area contributed by atoms with Gasteiger partial charge in [-0.05, 0) is 24.6 Å². The van der Waals surface area contributed by atoms with Gasteiger partial charge in [0.2, 0.25) is 0 Å². The van der Waals surface area contributed by atoms with E-state index in [0.29, 0.717) is 18.8 Å². The van der Waals surface area contributed by atoms with Crippen molar-refractivity contribution >= 4 is 10.2 Å². The van der Waals surface area contributed by atoms with Crippen LogP contribution in [0.2, 0.25) is 0 Å². The van der Waals surface area contributed by atoms with E-state index >= 15 is 0 Å². The van der Waals surface area contributed by atoms with Gasteiger partial charge in [0.15, 0.2) is 11.6 Å². The minimum Gasteiger partial charge on any atom is -0.379 e. The fourth-order valence-corrected chi connectivity index (χ4v) is 3.30. The zero-order chi connectivity index (χ0) is 14.8. The molecule has 20 heavy (non-hydrogen) atoms. The summed E-state index contributed by atoms with van der Waals surface area (Å²) in [5.41, 5.74) is 0.362. The van der Waals surface area contributed by atoms with E-state index in [4.69, 9.17) is 4.74 Å². The third-order valence-corrected chi connectivity index (χ3v) is 4.78. The van der Waals surface area contributed by atoms with Gasteiger partial charge in [-0.15, -0.1) is 0 Å². The Labute approximate surface area is 116 Å². The van der Waals surface area contributed by atoms with Crippen molar-refractivity contribution in [2.24, 2.45) is 0 Å². The first kappa shape index (κ1) is 15.3. The molecule has 112 valence electrons. The third kappa shape index (κ3) is 3.51. The maximum atomic E-state index is 13.1. The molecule has 1 aliphatic rings. The van der Waals surface area contributed by atoms with Crippen molar-refractivity contribution in [3.05, 3.63) is 35.4 Å². The molecule has 0 saturated carbocycles. The number of nitrogens with zero attached hydrogens (tertiary/aromatic N) is 1. The lowest BCUT2D eigenvalue weighted by atomic mass is 10.1. The fraction of sp³-hybridized carbons (Fsp3) is 0.500. The highest BCUT2D eigenvalue weighted by atomic mass is 32.2. The summed E-state index contributed by atoms with van der Waals surface area (Å²) in [6.07, 6.45) is 0. The number of nitrogens with one attached hydrogen (secondary N) is 1. The standard InChI is InChI=1S/C12H16F2N2O3S/c1-9(10-2-3-11(13)12(14)8-10)15-20(17,18)16-4-6-19-7-5-16/h2-3,8-9,15H,4-7H2,1H3/t9-/m0/s1. The minimum absolute atomic E-state index is 0.278. The quantitative estimate of drug-likeness (QED) is 0.909. The molecule has 1 saturated heterocycles. The molecule has 1 aliphatic heterocycles. The molecule has 1 N–H and O–H groups in total. The number of halogens is 2. The molecule has 0 unspecified atom stereocenters. The van der Waals surface area contributed by atoms with Gasteiger partial charge in [0.25, 0.3) is 10.2 Å². The second kappa shape index (κ2) is 6.13. The molecule has 1 fully saturated rings. The third-order valence-electron chi connectivity index (χ3n) is 3.08. The van der Waals surface area contributed by atoms with E-state index in [1.807, 2.05) is 0 Å². The maximum absolute atomic E-state index is 13.1. The van der Waals surface area contributed by atoms with E-state index in [9.17, 15) is 17.2 Å². The number of ether oxygens (including phenoxy) is 1. The highest BCUT2D eigenvalue weighted by Crippen LogP contribution is 2.17. The second-order valence-electron chi connectivity index (χ2n) is 4.53. The Balaban J connectivity index is 2.09. The molecule has 5 nitrogen and oxygen atoms in total. The van der Waals surface area contributed by atoms with Gasteiger partial charge in [0.05, 0.1) is 13.2 Å². The Hall–Kier alpha value is -1.09. The van der Waals surface area contributed by atoms with Gasteiger partial charge >= 0.3 is 0 Å². The van der Waals surface area contributed by atoms with E-state index in [2.05, 4.69) is 4.72 Å². The Kier molecular flexibility index (Phi) is 4.69. The molecular weight excluding hydrogens is 290 g/mol. The van der Waals surface area contributed by atoms with Crippen LogP contribution in [0.1, 0.15) is 18.5 Å². The van der Waals surface area contributed by atoms with Crippen LogP contribution in [0.25, 0.3) is 0 Å². The van der Waals surface area contributed by atoms with Crippen LogP contribution < -0.4 is 4.72 Å². The summed E-state index contributed by atoms with van der Waals surface area (Å²) in [6, 6.07) is 2.66. The van der Waals surface area contributed by atoms with Crippen LogP contribution in [0.4, 0.5) is 8.78 Å². The average molecular weight is 306 g/mol. The number of morpholine rings is 1. The van der Waals surface area contributed by atoms with Crippen molar-refractivity contribution in [3.8, 4) is 0 Å². The second-order valence-corrected chi connectivity index (χ2v) is 6.23. The van der Waals surface area contributed by atoms with Crippen LogP contribution in [0.15, 0.2) is 18.2 Å². The van der Waals surface area contributed by atoms with Crippen molar-refractivity contribution in [2.75, 3.05) is 26.3 Å². The molecule has 0 radical (unpaired) electrons. The van der Waals surface area contributed by atoms with Crippen LogP contribution in [0.3, 0.4) is 0 Å². The lowest BCUT2D eigenvalue weighted by molar-refractivity contribution is 0.0723. The summed E-state index contributed by atoms with van der Waals surface area (Å²) in [4.78, 5) is 0. The molecule has 0 spiro atoms. The van der Waals surface area contributed by atoms with E-state index in [1.165, 1.54) is 10.4 Å². The van der Waals surface area contributed by atoms with Gasteiger partial charge in [-0.1, -0.05) is 6.07 Å². The monoisotopic (exact) mass is 306 g/mol. The number of rotatable bonds is 4. The van der Waals surface area contributed by atoms with Crippen molar-refractivity contribution in [1.29, 1.82) is 0 Å². The molecule has 1 aromatic rings.